The fraction of sp³-hybridized carbons (Fsp3) is 0.571. The summed E-state index contributed by atoms with van der Waals surface area (Å²) in [5.74, 6) is -0.213. The van der Waals surface area contributed by atoms with E-state index in [1.807, 2.05) is 6.08 Å². The fourth-order valence-corrected chi connectivity index (χ4v) is 8.69. The van der Waals surface area contributed by atoms with Crippen LogP contribution in [0.3, 0.4) is 0 Å². The molecule has 0 amide bonds. The minimum Gasteiger partial charge on any atom is -0.416 e. The highest BCUT2D eigenvalue weighted by atomic mass is 28.4. The third-order valence-corrected chi connectivity index (χ3v) is 15.2. The van der Waals surface area contributed by atoms with Crippen LogP contribution in [-0.4, -0.2) is 31.4 Å². The number of allylic oxidation sites excluding steroid dienone is 1. The minimum atomic E-state index is -2.09. The maximum absolute atomic E-state index is 14.4. The number of carbonyl (C=O) groups is 1. The smallest absolute Gasteiger partial charge is 0.191 e. The SMILES string of the molecule is CCCCCCCC[C@]1(O)C=CC(=O)[C@@]12C1c3ccccc3C(c3ccccc31)[C@@H]2CO[Si](C)(C)C(C)(C)C. The van der Waals surface area contributed by atoms with E-state index in [1.165, 1.54) is 47.9 Å². The molecule has 2 bridgehead atoms. The summed E-state index contributed by atoms with van der Waals surface area (Å²) in [4.78, 5) is 14.4. The first-order chi connectivity index (χ1) is 18.5. The second-order valence-electron chi connectivity index (χ2n) is 13.9. The summed E-state index contributed by atoms with van der Waals surface area (Å²) in [5.41, 5.74) is 2.88. The number of carbonyl (C=O) groups excluding carboxylic acids is 1. The maximum Gasteiger partial charge on any atom is 0.191 e. The zero-order chi connectivity index (χ0) is 28.1. The van der Waals surface area contributed by atoms with E-state index in [0.29, 0.717) is 13.0 Å². The third kappa shape index (κ3) is 4.42. The van der Waals surface area contributed by atoms with Crippen LogP contribution in [0.25, 0.3) is 0 Å². The molecule has 4 heteroatoms. The largest absolute Gasteiger partial charge is 0.416 e. The van der Waals surface area contributed by atoms with Crippen molar-refractivity contribution in [3.05, 3.63) is 82.9 Å². The van der Waals surface area contributed by atoms with Gasteiger partial charge in [-0.05, 0) is 59.0 Å². The summed E-state index contributed by atoms with van der Waals surface area (Å²) < 4.78 is 6.96. The lowest BCUT2D eigenvalue weighted by atomic mass is 9.42. The lowest BCUT2D eigenvalue weighted by Crippen LogP contribution is -2.63. The molecule has 2 aromatic rings. The number of ketones is 1. The Labute approximate surface area is 237 Å². The molecule has 210 valence electrons. The quantitative estimate of drug-likeness (QED) is 0.241. The van der Waals surface area contributed by atoms with Gasteiger partial charge in [0.1, 0.15) is 0 Å². The predicted octanol–water partition coefficient (Wildman–Crippen LogP) is 8.52. The lowest BCUT2D eigenvalue weighted by molar-refractivity contribution is -0.153. The number of unbranched alkanes of at least 4 members (excludes halogenated alkanes) is 5. The van der Waals surface area contributed by atoms with Crippen LogP contribution in [0.15, 0.2) is 60.7 Å². The monoisotopic (exact) mass is 544 g/mol. The summed E-state index contributed by atoms with van der Waals surface area (Å²) in [7, 11) is -2.09. The number of hydrogen-bond donors (Lipinski definition) is 1. The Balaban J connectivity index is 1.62. The topological polar surface area (TPSA) is 46.5 Å². The number of aliphatic hydroxyl groups is 1. The molecule has 2 aromatic carbocycles. The Morgan fingerprint density at radius 3 is 1.97 bits per heavy atom. The van der Waals surface area contributed by atoms with Gasteiger partial charge in [0, 0.05) is 24.4 Å². The highest BCUT2D eigenvalue weighted by Crippen LogP contribution is 2.70. The van der Waals surface area contributed by atoms with E-state index in [0.717, 1.165) is 12.8 Å². The van der Waals surface area contributed by atoms with Crippen molar-refractivity contribution in [2.75, 3.05) is 6.61 Å². The average Bonchev–Trinajstić information content (AvgIpc) is 3.15. The standard InChI is InChI=1S/C35H48O3Si/c1-7-8-9-10-11-16-22-34(37)23-21-30(36)35(34)29(24-38-39(5,6)33(2,3)4)31-25-17-12-14-19-27(25)32(35)28-20-15-13-18-26(28)31/h12-15,17-21,23,29,31-32,37H,7-11,16,22,24H2,1-6H3/t29-,31?,32?,34-,35-/m0/s1. The Morgan fingerprint density at radius 1 is 0.872 bits per heavy atom. The van der Waals surface area contributed by atoms with Crippen LogP contribution >= 0.6 is 0 Å². The molecule has 0 fully saturated rings. The summed E-state index contributed by atoms with van der Waals surface area (Å²) in [5, 5.41) is 12.8. The van der Waals surface area contributed by atoms with Crippen molar-refractivity contribution in [2.45, 2.75) is 108 Å². The fourth-order valence-electron chi connectivity index (χ4n) is 7.66. The van der Waals surface area contributed by atoms with E-state index < -0.39 is 19.3 Å². The Hall–Kier alpha value is -2.01. The van der Waals surface area contributed by atoms with Gasteiger partial charge < -0.3 is 9.53 Å². The molecule has 0 aliphatic heterocycles. The first-order valence-electron chi connectivity index (χ1n) is 15.3. The zero-order valence-electron chi connectivity index (χ0n) is 24.9. The molecule has 6 rings (SSSR count). The van der Waals surface area contributed by atoms with Crippen LogP contribution < -0.4 is 0 Å². The van der Waals surface area contributed by atoms with E-state index in [-0.39, 0.29) is 28.6 Å². The third-order valence-electron chi connectivity index (χ3n) is 10.7. The molecule has 0 aromatic heterocycles. The molecular formula is C35H48O3Si. The first kappa shape index (κ1) is 28.5. The van der Waals surface area contributed by atoms with Crippen molar-refractivity contribution in [1.29, 1.82) is 0 Å². The molecule has 0 saturated heterocycles. The van der Waals surface area contributed by atoms with Crippen molar-refractivity contribution in [3.63, 3.8) is 0 Å². The molecule has 3 atom stereocenters. The first-order valence-corrected chi connectivity index (χ1v) is 18.2. The van der Waals surface area contributed by atoms with Gasteiger partial charge in [0.05, 0.1) is 11.0 Å². The van der Waals surface area contributed by atoms with Crippen LogP contribution in [0.4, 0.5) is 0 Å². The van der Waals surface area contributed by atoms with Crippen molar-refractivity contribution in [2.24, 2.45) is 11.3 Å². The Bertz CT molecular complexity index is 1190. The molecule has 0 radical (unpaired) electrons. The van der Waals surface area contributed by atoms with Gasteiger partial charge in [-0.3, -0.25) is 4.79 Å². The molecule has 1 N–H and O–H groups in total. The molecule has 39 heavy (non-hydrogen) atoms. The highest BCUT2D eigenvalue weighted by molar-refractivity contribution is 6.74. The van der Waals surface area contributed by atoms with Crippen LogP contribution in [0.5, 0.6) is 0 Å². The van der Waals surface area contributed by atoms with Gasteiger partial charge in [-0.25, -0.2) is 0 Å². The van der Waals surface area contributed by atoms with Gasteiger partial charge in [-0.1, -0.05) is 115 Å². The molecule has 0 saturated carbocycles. The second-order valence-corrected chi connectivity index (χ2v) is 18.7. The van der Waals surface area contributed by atoms with Gasteiger partial charge in [0.2, 0.25) is 0 Å². The molecule has 1 spiro atoms. The summed E-state index contributed by atoms with van der Waals surface area (Å²) in [6, 6.07) is 17.3. The number of rotatable bonds is 10. The Morgan fingerprint density at radius 2 is 1.41 bits per heavy atom. The maximum atomic E-state index is 14.4. The summed E-state index contributed by atoms with van der Waals surface area (Å²) in [6.07, 6.45) is 11.1. The molecule has 4 aliphatic rings. The highest BCUT2D eigenvalue weighted by Gasteiger charge is 2.71. The van der Waals surface area contributed by atoms with Crippen molar-refractivity contribution in [1.82, 2.24) is 0 Å². The van der Waals surface area contributed by atoms with E-state index >= 15 is 0 Å². The van der Waals surface area contributed by atoms with Crippen molar-refractivity contribution in [3.8, 4) is 0 Å². The van der Waals surface area contributed by atoms with Crippen LogP contribution in [0.2, 0.25) is 18.1 Å². The molecular weight excluding hydrogens is 496 g/mol. The summed E-state index contributed by atoms with van der Waals surface area (Å²) in [6.45, 7) is 14.1. The van der Waals surface area contributed by atoms with E-state index in [4.69, 9.17) is 4.43 Å². The molecule has 4 aliphatic carbocycles. The van der Waals surface area contributed by atoms with E-state index in [2.05, 4.69) is 89.3 Å². The number of benzene rings is 2. The van der Waals surface area contributed by atoms with Crippen LogP contribution in [0, 0.1) is 11.3 Å². The second kappa shape index (κ2) is 10.4. The normalized spacial score (nSPS) is 29.2. The van der Waals surface area contributed by atoms with Gasteiger partial charge >= 0.3 is 0 Å². The average molecular weight is 545 g/mol. The van der Waals surface area contributed by atoms with Crippen molar-refractivity contribution < 1.29 is 14.3 Å². The minimum absolute atomic E-state index is 0.0205. The lowest BCUT2D eigenvalue weighted by Gasteiger charge is -2.61. The predicted molar refractivity (Wildman–Crippen MR) is 163 cm³/mol. The molecule has 0 heterocycles. The zero-order valence-corrected chi connectivity index (χ0v) is 25.9. The van der Waals surface area contributed by atoms with Gasteiger partial charge in [-0.2, -0.15) is 0 Å². The van der Waals surface area contributed by atoms with Crippen LogP contribution in [-0.2, 0) is 9.22 Å². The Kier molecular flexibility index (Phi) is 7.63. The number of hydrogen-bond acceptors (Lipinski definition) is 3. The van der Waals surface area contributed by atoms with Crippen LogP contribution in [0.1, 0.15) is 107 Å². The van der Waals surface area contributed by atoms with Gasteiger partial charge in [0.15, 0.2) is 14.1 Å². The van der Waals surface area contributed by atoms with Gasteiger partial charge in [0.25, 0.3) is 0 Å². The molecule has 0 unspecified atom stereocenters. The van der Waals surface area contributed by atoms with E-state index in [9.17, 15) is 9.90 Å². The van der Waals surface area contributed by atoms with E-state index in [1.54, 1.807) is 6.08 Å². The van der Waals surface area contributed by atoms with Gasteiger partial charge in [-0.15, -0.1) is 0 Å². The van der Waals surface area contributed by atoms with Crippen molar-refractivity contribution >= 4 is 14.1 Å². The summed E-state index contributed by atoms with van der Waals surface area (Å²) >= 11 is 0. The molecule has 3 nitrogen and oxygen atoms in total.